The van der Waals surface area contributed by atoms with Gasteiger partial charge in [0, 0.05) is 12.1 Å². The maximum absolute atomic E-state index is 14.2. The van der Waals surface area contributed by atoms with Gasteiger partial charge in [0.2, 0.25) is 0 Å². The Labute approximate surface area is 246 Å². The van der Waals surface area contributed by atoms with E-state index in [0.29, 0.717) is 17.4 Å². The smallest absolute Gasteiger partial charge is 0.305 e. The van der Waals surface area contributed by atoms with Crippen LogP contribution in [0.5, 0.6) is 0 Å². The number of hydrogen-bond donors (Lipinski definition) is 2. The van der Waals surface area contributed by atoms with Crippen LogP contribution < -0.4 is 5.32 Å². The molecule has 1 spiro atoms. The maximum atomic E-state index is 14.2. The van der Waals surface area contributed by atoms with Crippen molar-refractivity contribution in [3.05, 3.63) is 35.4 Å². The monoisotopic (exact) mass is 565 g/mol. The summed E-state index contributed by atoms with van der Waals surface area (Å²) in [6, 6.07) is 7.46. The summed E-state index contributed by atoms with van der Waals surface area (Å²) < 4.78 is 0. The molecule has 4 rings (SSSR count). The first kappa shape index (κ1) is 31.2. The first-order valence-electron chi connectivity index (χ1n) is 15.7. The molecule has 41 heavy (non-hydrogen) atoms. The molecule has 1 aromatic carbocycles. The number of carbonyl (C=O) groups is 3. The van der Waals surface area contributed by atoms with Gasteiger partial charge in [-0.2, -0.15) is 0 Å². The number of benzene rings is 1. The van der Waals surface area contributed by atoms with E-state index in [2.05, 4.69) is 51.8 Å². The zero-order chi connectivity index (χ0) is 30.0. The zero-order valence-electron chi connectivity index (χ0n) is 26.1. The second kappa shape index (κ2) is 12.3. The molecule has 1 aliphatic heterocycles. The minimum absolute atomic E-state index is 0.0901. The van der Waals surface area contributed by atoms with Gasteiger partial charge in [-0.3, -0.25) is 19.4 Å². The molecule has 7 nitrogen and oxygen atoms in total. The maximum Gasteiger partial charge on any atom is 0.305 e. The van der Waals surface area contributed by atoms with Crippen molar-refractivity contribution < 1.29 is 19.5 Å². The molecule has 1 heterocycles. The summed E-state index contributed by atoms with van der Waals surface area (Å²) in [5.74, 6) is 0.0985. The number of aliphatic carboxylic acids is 1. The molecule has 0 radical (unpaired) electrons. The number of carbonyl (C=O) groups excluding carboxylic acids is 2. The van der Waals surface area contributed by atoms with Crippen LogP contribution in [0.4, 0.5) is 0 Å². The summed E-state index contributed by atoms with van der Waals surface area (Å²) in [6.07, 6.45) is 9.90. The Morgan fingerprint density at radius 2 is 1.68 bits per heavy atom. The number of rotatable bonds is 11. The Balaban J connectivity index is 1.62. The lowest BCUT2D eigenvalue weighted by atomic mass is 9.69. The molecular weight excluding hydrogens is 514 g/mol. The number of nitrogens with one attached hydrogen (secondary N) is 1. The molecule has 1 aromatic rings. The average molecular weight is 566 g/mol. The average Bonchev–Trinajstić information content (AvgIpc) is 3.66. The van der Waals surface area contributed by atoms with Crippen molar-refractivity contribution in [2.75, 3.05) is 6.54 Å². The molecule has 1 atom stereocenters. The molecule has 0 aromatic heterocycles. The van der Waals surface area contributed by atoms with E-state index in [1.165, 1.54) is 12.8 Å². The van der Waals surface area contributed by atoms with E-state index < -0.39 is 11.6 Å². The van der Waals surface area contributed by atoms with E-state index in [9.17, 15) is 14.4 Å². The van der Waals surface area contributed by atoms with Gasteiger partial charge in [0.25, 0.3) is 11.8 Å². The van der Waals surface area contributed by atoms with E-state index >= 15 is 0 Å². The molecule has 2 amide bonds. The summed E-state index contributed by atoms with van der Waals surface area (Å²) >= 11 is 0. The van der Waals surface area contributed by atoms with E-state index in [-0.39, 0.29) is 41.7 Å². The van der Waals surface area contributed by atoms with Crippen LogP contribution in [0.15, 0.2) is 29.3 Å². The van der Waals surface area contributed by atoms with Crippen LogP contribution in [0.2, 0.25) is 0 Å². The van der Waals surface area contributed by atoms with E-state index in [4.69, 9.17) is 10.1 Å². The van der Waals surface area contributed by atoms with E-state index in [0.717, 1.165) is 62.6 Å². The Morgan fingerprint density at radius 3 is 2.22 bits per heavy atom. The molecule has 2 aliphatic carbocycles. The van der Waals surface area contributed by atoms with Gasteiger partial charge in [-0.25, -0.2) is 0 Å². The predicted octanol–water partition coefficient (Wildman–Crippen LogP) is 7.16. The number of aliphatic imine (C=N–C) groups is 1. The molecule has 0 saturated heterocycles. The Kier molecular flexibility index (Phi) is 9.35. The van der Waals surface area contributed by atoms with Crippen LogP contribution in [0.25, 0.3) is 0 Å². The highest BCUT2D eigenvalue weighted by atomic mass is 16.4. The second-order valence-electron chi connectivity index (χ2n) is 15.0. The summed E-state index contributed by atoms with van der Waals surface area (Å²) in [5.41, 5.74) is 2.26. The van der Waals surface area contributed by atoms with Crippen molar-refractivity contribution in [3.63, 3.8) is 0 Å². The topological polar surface area (TPSA) is 99.1 Å². The number of carboxylic acid groups (broad SMARTS) is 1. The molecule has 2 fully saturated rings. The van der Waals surface area contributed by atoms with Gasteiger partial charge in [-0.1, -0.05) is 60.1 Å². The van der Waals surface area contributed by atoms with Crippen molar-refractivity contribution in [1.82, 2.24) is 10.2 Å². The fraction of sp³-hybridized carbons (Fsp3) is 0.706. The van der Waals surface area contributed by atoms with Gasteiger partial charge in [0.05, 0.1) is 12.5 Å². The van der Waals surface area contributed by atoms with Crippen molar-refractivity contribution in [2.45, 2.75) is 124 Å². The quantitative estimate of drug-likeness (QED) is 0.297. The molecule has 2 N–H and O–H groups in total. The van der Waals surface area contributed by atoms with Crippen LogP contribution in [-0.4, -0.2) is 45.7 Å². The molecule has 226 valence electrons. The number of amides is 2. The summed E-state index contributed by atoms with van der Waals surface area (Å²) in [7, 11) is 0. The van der Waals surface area contributed by atoms with Crippen LogP contribution >= 0.6 is 0 Å². The van der Waals surface area contributed by atoms with Gasteiger partial charge in [0.15, 0.2) is 0 Å². The highest BCUT2D eigenvalue weighted by molar-refractivity contribution is 6.40. The molecule has 7 heteroatoms. The van der Waals surface area contributed by atoms with E-state index in [1.807, 2.05) is 12.1 Å². The Bertz CT molecular complexity index is 1130. The van der Waals surface area contributed by atoms with Gasteiger partial charge in [-0.05, 0) is 98.1 Å². The van der Waals surface area contributed by atoms with Gasteiger partial charge in [0.1, 0.15) is 11.4 Å². The first-order valence-corrected chi connectivity index (χ1v) is 15.7. The number of carboxylic acids is 1. The van der Waals surface area contributed by atoms with Gasteiger partial charge in [-0.15, -0.1) is 0 Å². The summed E-state index contributed by atoms with van der Waals surface area (Å²) in [6.45, 7) is 13.8. The van der Waals surface area contributed by atoms with Gasteiger partial charge >= 0.3 is 5.97 Å². The Hall–Kier alpha value is -2.70. The van der Waals surface area contributed by atoms with Crippen molar-refractivity contribution in [2.24, 2.45) is 27.7 Å². The van der Waals surface area contributed by atoms with E-state index in [1.54, 1.807) is 12.1 Å². The lowest BCUT2D eigenvalue weighted by molar-refractivity contribution is -0.137. The third kappa shape index (κ3) is 7.98. The molecular formula is C34H51N3O4. The van der Waals surface area contributed by atoms with Crippen molar-refractivity contribution in [3.8, 4) is 0 Å². The molecule has 2 saturated carbocycles. The van der Waals surface area contributed by atoms with Crippen LogP contribution in [-0.2, 0) is 9.59 Å². The third-order valence-corrected chi connectivity index (χ3v) is 9.35. The van der Waals surface area contributed by atoms with Crippen molar-refractivity contribution in [1.29, 1.82) is 0 Å². The fourth-order valence-corrected chi connectivity index (χ4v) is 6.65. The lowest BCUT2D eigenvalue weighted by Crippen LogP contribution is -2.51. The molecule has 0 bridgehead atoms. The predicted molar refractivity (Wildman–Crippen MR) is 163 cm³/mol. The fourth-order valence-electron chi connectivity index (χ4n) is 6.65. The SMILES string of the molecule is CC(C)(C)CCC[C@H](c1ccc(C(=O)NCCC(=O)O)cc1)N1C(=O)C(CC2CC2)=NC12CCC(C(C)(C)C)CC2. The molecule has 0 unspecified atom stereocenters. The summed E-state index contributed by atoms with van der Waals surface area (Å²) in [4.78, 5) is 45.1. The second-order valence-corrected chi connectivity index (χ2v) is 15.0. The van der Waals surface area contributed by atoms with Crippen molar-refractivity contribution >= 4 is 23.5 Å². The largest absolute Gasteiger partial charge is 0.481 e. The third-order valence-electron chi connectivity index (χ3n) is 9.35. The van der Waals surface area contributed by atoms with Gasteiger partial charge < -0.3 is 15.3 Å². The van der Waals surface area contributed by atoms with Crippen LogP contribution in [0.3, 0.4) is 0 Å². The standard InChI is InChI=1S/C34H51N3O4/c1-32(2,3)18-7-8-28(24-11-13-25(14-12-24)30(40)35-21-17-29(38)39)37-31(41)27(22-23-9-10-23)36-34(37)19-15-26(16-20-34)33(4,5)6/h11-14,23,26,28H,7-10,15-22H2,1-6H3,(H,35,40)(H,38,39)/t26?,28-,34?/m1/s1. The zero-order valence-corrected chi connectivity index (χ0v) is 26.1. The van der Waals surface area contributed by atoms with Crippen LogP contribution in [0.1, 0.15) is 134 Å². The minimum Gasteiger partial charge on any atom is -0.481 e. The Morgan fingerprint density at radius 1 is 1.05 bits per heavy atom. The summed E-state index contributed by atoms with van der Waals surface area (Å²) in [5, 5.41) is 11.6. The highest BCUT2D eigenvalue weighted by Gasteiger charge is 2.52. The lowest BCUT2D eigenvalue weighted by Gasteiger charge is -2.47. The number of hydrogen-bond acceptors (Lipinski definition) is 4. The normalized spacial score (nSPS) is 24.0. The number of nitrogens with zero attached hydrogens (tertiary/aromatic N) is 2. The van der Waals surface area contributed by atoms with Crippen LogP contribution in [0, 0.1) is 22.7 Å². The minimum atomic E-state index is -0.942. The first-order chi connectivity index (χ1) is 19.2. The molecule has 3 aliphatic rings. The highest BCUT2D eigenvalue weighted by Crippen LogP contribution is 2.50.